The van der Waals surface area contributed by atoms with E-state index in [-0.39, 0.29) is 30.8 Å². The third-order valence-electron chi connectivity index (χ3n) is 4.07. The lowest BCUT2D eigenvalue weighted by Crippen LogP contribution is -2.33. The van der Waals surface area contributed by atoms with Crippen molar-refractivity contribution >= 4 is 18.3 Å². The van der Waals surface area contributed by atoms with Gasteiger partial charge in [-0.1, -0.05) is 12.1 Å². The van der Waals surface area contributed by atoms with Crippen molar-refractivity contribution < 1.29 is 18.0 Å². The molecule has 1 heterocycles. The second kappa shape index (κ2) is 5.85. The summed E-state index contributed by atoms with van der Waals surface area (Å²) in [5.41, 5.74) is -0.0936. The third kappa shape index (κ3) is 3.49. The minimum absolute atomic E-state index is 0. The van der Waals surface area contributed by atoms with Gasteiger partial charge < -0.3 is 10.6 Å². The molecule has 1 aromatic carbocycles. The number of amides is 1. The molecule has 2 fully saturated rings. The molecular weight excluding hydrogens is 305 g/mol. The van der Waals surface area contributed by atoms with Crippen LogP contribution in [0.5, 0.6) is 0 Å². The van der Waals surface area contributed by atoms with Gasteiger partial charge in [0.05, 0.1) is 12.0 Å². The molecule has 1 aliphatic carbocycles. The molecule has 1 saturated heterocycles. The zero-order valence-corrected chi connectivity index (χ0v) is 11.9. The van der Waals surface area contributed by atoms with Crippen LogP contribution in [0.2, 0.25) is 0 Å². The van der Waals surface area contributed by atoms with Gasteiger partial charge in [-0.05, 0) is 29.5 Å². The Morgan fingerprint density at radius 3 is 2.29 bits per heavy atom. The lowest BCUT2D eigenvalue weighted by Gasteiger charge is -2.09. The first-order valence-electron chi connectivity index (χ1n) is 6.61. The van der Waals surface area contributed by atoms with E-state index < -0.39 is 11.7 Å². The number of hydrogen-bond donors (Lipinski definition) is 2. The summed E-state index contributed by atoms with van der Waals surface area (Å²) in [6, 6.07) is 4.99. The Morgan fingerprint density at radius 1 is 1.19 bits per heavy atom. The Kier molecular flexibility index (Phi) is 4.49. The Labute approximate surface area is 126 Å². The average molecular weight is 321 g/mol. The smallest absolute Gasteiger partial charge is 0.352 e. The lowest BCUT2D eigenvalue weighted by molar-refractivity contribution is -0.137. The van der Waals surface area contributed by atoms with Gasteiger partial charge in [-0.3, -0.25) is 4.79 Å². The van der Waals surface area contributed by atoms with Crippen LogP contribution in [0, 0.1) is 11.8 Å². The van der Waals surface area contributed by atoms with E-state index in [2.05, 4.69) is 10.6 Å². The molecule has 0 aromatic heterocycles. The molecule has 0 spiro atoms. The Morgan fingerprint density at radius 2 is 1.76 bits per heavy atom. The average Bonchev–Trinajstić information content (AvgIpc) is 2.83. The molecule has 2 atom stereocenters. The molecule has 1 aliphatic heterocycles. The predicted octanol–water partition coefficient (Wildman–Crippen LogP) is 2.00. The molecule has 21 heavy (non-hydrogen) atoms. The van der Waals surface area contributed by atoms with Crippen LogP contribution >= 0.6 is 12.4 Å². The first-order valence-corrected chi connectivity index (χ1v) is 6.61. The topological polar surface area (TPSA) is 41.1 Å². The minimum atomic E-state index is -4.33. The van der Waals surface area contributed by atoms with Gasteiger partial charge >= 0.3 is 6.18 Å². The van der Waals surface area contributed by atoms with E-state index in [1.807, 2.05) is 0 Å². The number of hydrogen-bond acceptors (Lipinski definition) is 2. The van der Waals surface area contributed by atoms with E-state index in [1.54, 1.807) is 0 Å². The molecule has 0 radical (unpaired) electrons. The van der Waals surface area contributed by atoms with Gasteiger partial charge in [0.1, 0.15) is 0 Å². The highest BCUT2D eigenvalue weighted by Gasteiger charge is 2.53. The summed E-state index contributed by atoms with van der Waals surface area (Å²) in [6.45, 7) is 1.88. The number of carbonyl (C=O) groups excluding carboxylic acids is 1. The first kappa shape index (κ1) is 16.1. The van der Waals surface area contributed by atoms with Crippen molar-refractivity contribution in [3.8, 4) is 0 Å². The molecule has 1 saturated carbocycles. The highest BCUT2D eigenvalue weighted by atomic mass is 35.5. The fourth-order valence-electron chi connectivity index (χ4n) is 2.87. The normalized spacial score (nSPS) is 26.7. The Bertz CT molecular complexity index is 508. The quantitative estimate of drug-likeness (QED) is 0.894. The molecule has 1 amide bonds. The van der Waals surface area contributed by atoms with Gasteiger partial charge in [-0.2, -0.15) is 13.2 Å². The number of carbonyl (C=O) groups is 1. The summed E-state index contributed by atoms with van der Waals surface area (Å²) in [4.78, 5) is 11.8. The zero-order valence-electron chi connectivity index (χ0n) is 11.1. The number of benzene rings is 1. The van der Waals surface area contributed by atoms with Gasteiger partial charge in [0.2, 0.25) is 5.91 Å². The Balaban J connectivity index is 0.00000161. The van der Waals surface area contributed by atoms with Gasteiger partial charge in [0.25, 0.3) is 0 Å². The molecule has 2 unspecified atom stereocenters. The molecule has 2 aliphatic rings. The predicted molar refractivity (Wildman–Crippen MR) is 74.2 cm³/mol. The monoisotopic (exact) mass is 320 g/mol. The van der Waals surface area contributed by atoms with E-state index in [0.717, 1.165) is 25.2 Å². The van der Waals surface area contributed by atoms with E-state index >= 15 is 0 Å². The maximum Gasteiger partial charge on any atom is 0.416 e. The van der Waals surface area contributed by atoms with Crippen molar-refractivity contribution in [3.05, 3.63) is 35.4 Å². The molecule has 3 nitrogen and oxygen atoms in total. The highest BCUT2D eigenvalue weighted by molar-refractivity contribution is 5.85. The summed E-state index contributed by atoms with van der Waals surface area (Å²) in [5, 5.41) is 6.19. The van der Waals surface area contributed by atoms with E-state index in [1.165, 1.54) is 12.1 Å². The van der Waals surface area contributed by atoms with Gasteiger partial charge in [0.15, 0.2) is 0 Å². The minimum Gasteiger partial charge on any atom is -0.352 e. The summed E-state index contributed by atoms with van der Waals surface area (Å²) < 4.78 is 37.2. The number of halogens is 4. The van der Waals surface area contributed by atoms with Crippen LogP contribution in [-0.2, 0) is 17.4 Å². The number of rotatable bonds is 3. The number of fused-ring (bicyclic) bond motifs is 1. The van der Waals surface area contributed by atoms with Crippen molar-refractivity contribution in [3.63, 3.8) is 0 Å². The van der Waals surface area contributed by atoms with Gasteiger partial charge in [-0.15, -0.1) is 12.4 Å². The molecule has 1 aromatic rings. The first-order chi connectivity index (χ1) is 9.45. The van der Waals surface area contributed by atoms with Crippen molar-refractivity contribution in [1.82, 2.24) is 10.6 Å². The second-order valence-corrected chi connectivity index (χ2v) is 5.45. The lowest BCUT2D eigenvalue weighted by atomic mass is 10.1. The number of nitrogens with one attached hydrogen (secondary N) is 2. The zero-order chi connectivity index (χ0) is 14.3. The van der Waals surface area contributed by atoms with E-state index in [4.69, 9.17) is 0 Å². The molecule has 3 rings (SSSR count). The largest absolute Gasteiger partial charge is 0.416 e. The SMILES string of the molecule is Cl.O=C(Cc1ccc(C(F)(F)F)cc1)NC1C2CNCC21. The van der Waals surface area contributed by atoms with Crippen LogP contribution in [0.3, 0.4) is 0 Å². The maximum absolute atomic E-state index is 12.4. The molecular formula is C14H16ClF3N2O. The maximum atomic E-state index is 12.4. The third-order valence-corrected chi connectivity index (χ3v) is 4.07. The fourth-order valence-corrected chi connectivity index (χ4v) is 2.87. The Hall–Kier alpha value is -1.27. The number of alkyl halides is 3. The van der Waals surface area contributed by atoms with Crippen LogP contribution in [0.1, 0.15) is 11.1 Å². The summed E-state index contributed by atoms with van der Waals surface area (Å²) in [5.74, 6) is 0.947. The van der Waals surface area contributed by atoms with E-state index in [0.29, 0.717) is 17.4 Å². The van der Waals surface area contributed by atoms with Crippen molar-refractivity contribution in [2.45, 2.75) is 18.6 Å². The summed E-state index contributed by atoms with van der Waals surface area (Å²) in [7, 11) is 0. The highest BCUT2D eigenvalue weighted by Crippen LogP contribution is 2.41. The van der Waals surface area contributed by atoms with Gasteiger partial charge in [0, 0.05) is 19.1 Å². The van der Waals surface area contributed by atoms with Crippen LogP contribution < -0.4 is 10.6 Å². The molecule has 2 N–H and O–H groups in total. The fraction of sp³-hybridized carbons (Fsp3) is 0.500. The number of piperidine rings is 1. The summed E-state index contributed by atoms with van der Waals surface area (Å²) in [6.07, 6.45) is -4.21. The molecule has 116 valence electrons. The van der Waals surface area contributed by atoms with Crippen molar-refractivity contribution in [2.75, 3.05) is 13.1 Å². The standard InChI is InChI=1S/C14H15F3N2O.ClH/c15-14(16,17)9-3-1-8(2-4-9)5-12(20)19-13-10-6-18-7-11(10)13;/h1-4,10-11,13,18H,5-7H2,(H,19,20);1H. The van der Waals surface area contributed by atoms with Crippen LogP contribution in [0.25, 0.3) is 0 Å². The van der Waals surface area contributed by atoms with Crippen molar-refractivity contribution in [1.29, 1.82) is 0 Å². The summed E-state index contributed by atoms with van der Waals surface area (Å²) >= 11 is 0. The van der Waals surface area contributed by atoms with Crippen LogP contribution in [-0.4, -0.2) is 25.0 Å². The van der Waals surface area contributed by atoms with Crippen LogP contribution in [0.15, 0.2) is 24.3 Å². The van der Waals surface area contributed by atoms with Crippen molar-refractivity contribution in [2.24, 2.45) is 11.8 Å². The molecule has 0 bridgehead atoms. The van der Waals surface area contributed by atoms with E-state index in [9.17, 15) is 18.0 Å². The van der Waals surface area contributed by atoms with Crippen LogP contribution in [0.4, 0.5) is 13.2 Å². The van der Waals surface area contributed by atoms with Gasteiger partial charge in [-0.25, -0.2) is 0 Å². The second-order valence-electron chi connectivity index (χ2n) is 5.45. The molecule has 7 heteroatoms.